The Morgan fingerprint density at radius 2 is 1.83 bits per heavy atom. The number of rotatable bonds is 3. The van der Waals surface area contributed by atoms with Crippen LogP contribution in [-0.4, -0.2) is 11.2 Å². The molecule has 1 heterocycles. The summed E-state index contributed by atoms with van der Waals surface area (Å²) in [5.41, 5.74) is 4.61. The van der Waals surface area contributed by atoms with E-state index in [1.807, 2.05) is 48.9 Å². The van der Waals surface area contributed by atoms with Crippen molar-refractivity contribution >= 4 is 10.9 Å². The average molecular weight is 331 g/mol. The van der Waals surface area contributed by atoms with E-state index in [2.05, 4.69) is 4.98 Å². The molecular weight excluding hydrogens is 313 g/mol. The van der Waals surface area contributed by atoms with Crippen molar-refractivity contribution in [3.05, 3.63) is 59.9 Å². The SMILES string of the molecule is Cc1ccccc1-c1c2ccc(CCC(F)(F)F)cc2nc[n+]1C. The highest BCUT2D eigenvalue weighted by Gasteiger charge is 2.26. The third-order valence-electron chi connectivity index (χ3n) is 4.14. The van der Waals surface area contributed by atoms with Crippen LogP contribution in [0.25, 0.3) is 22.2 Å². The predicted molar refractivity (Wildman–Crippen MR) is 87.5 cm³/mol. The zero-order valence-corrected chi connectivity index (χ0v) is 13.6. The van der Waals surface area contributed by atoms with Crippen LogP contribution in [0, 0.1) is 6.92 Å². The lowest BCUT2D eigenvalue weighted by atomic mass is 9.99. The molecule has 0 saturated heterocycles. The maximum absolute atomic E-state index is 12.4. The van der Waals surface area contributed by atoms with Gasteiger partial charge in [-0.2, -0.15) is 13.2 Å². The highest BCUT2D eigenvalue weighted by atomic mass is 19.4. The highest BCUT2D eigenvalue weighted by Crippen LogP contribution is 2.28. The minimum absolute atomic E-state index is 0.0260. The van der Waals surface area contributed by atoms with Crippen LogP contribution in [0.5, 0.6) is 0 Å². The lowest BCUT2D eigenvalue weighted by Crippen LogP contribution is -2.31. The number of aromatic nitrogens is 2. The Hall–Kier alpha value is -2.43. The Kier molecular flexibility index (Phi) is 4.26. The summed E-state index contributed by atoms with van der Waals surface area (Å²) in [6.45, 7) is 2.04. The number of halogens is 3. The van der Waals surface area contributed by atoms with E-state index in [-0.39, 0.29) is 6.42 Å². The van der Waals surface area contributed by atoms with Crippen molar-refractivity contribution in [2.45, 2.75) is 25.9 Å². The summed E-state index contributed by atoms with van der Waals surface area (Å²) in [6.07, 6.45) is -3.28. The molecule has 0 atom stereocenters. The predicted octanol–water partition coefficient (Wildman–Crippen LogP) is 4.53. The Morgan fingerprint density at radius 3 is 2.54 bits per heavy atom. The van der Waals surface area contributed by atoms with Gasteiger partial charge in [-0.1, -0.05) is 30.3 Å². The fourth-order valence-electron chi connectivity index (χ4n) is 2.90. The Morgan fingerprint density at radius 1 is 1.08 bits per heavy atom. The zero-order valence-electron chi connectivity index (χ0n) is 13.6. The smallest absolute Gasteiger partial charge is 0.232 e. The second kappa shape index (κ2) is 6.23. The summed E-state index contributed by atoms with van der Waals surface area (Å²) < 4.78 is 39.2. The van der Waals surface area contributed by atoms with Crippen molar-refractivity contribution in [1.82, 2.24) is 4.98 Å². The lowest BCUT2D eigenvalue weighted by Gasteiger charge is -2.10. The number of aryl methyl sites for hydroxylation is 3. The molecule has 0 N–H and O–H groups in total. The minimum Gasteiger partial charge on any atom is -0.232 e. The van der Waals surface area contributed by atoms with Crippen LogP contribution in [0.2, 0.25) is 0 Å². The van der Waals surface area contributed by atoms with Crippen molar-refractivity contribution in [2.24, 2.45) is 7.05 Å². The summed E-state index contributed by atoms with van der Waals surface area (Å²) in [4.78, 5) is 4.38. The van der Waals surface area contributed by atoms with E-state index in [1.54, 1.807) is 18.5 Å². The van der Waals surface area contributed by atoms with Crippen LogP contribution >= 0.6 is 0 Å². The van der Waals surface area contributed by atoms with Crippen molar-refractivity contribution < 1.29 is 17.7 Å². The summed E-state index contributed by atoms with van der Waals surface area (Å²) in [7, 11) is 1.92. The molecule has 0 radical (unpaired) electrons. The van der Waals surface area contributed by atoms with Gasteiger partial charge in [0, 0.05) is 12.0 Å². The molecule has 2 nitrogen and oxygen atoms in total. The highest BCUT2D eigenvalue weighted by molar-refractivity contribution is 5.91. The third-order valence-corrected chi connectivity index (χ3v) is 4.14. The summed E-state index contributed by atoms with van der Waals surface area (Å²) in [5.74, 6) is 0. The van der Waals surface area contributed by atoms with Gasteiger partial charge in [-0.15, -0.1) is 0 Å². The van der Waals surface area contributed by atoms with Crippen molar-refractivity contribution in [2.75, 3.05) is 0 Å². The molecule has 3 aromatic rings. The maximum atomic E-state index is 12.4. The first kappa shape index (κ1) is 16.4. The molecule has 0 spiro atoms. The van der Waals surface area contributed by atoms with Crippen LogP contribution in [0.15, 0.2) is 48.8 Å². The molecule has 0 aliphatic carbocycles. The summed E-state index contributed by atoms with van der Waals surface area (Å²) >= 11 is 0. The number of alkyl halides is 3. The van der Waals surface area contributed by atoms with Gasteiger partial charge in [0.2, 0.25) is 0 Å². The quantitative estimate of drug-likeness (QED) is 0.644. The van der Waals surface area contributed by atoms with Gasteiger partial charge in [0.1, 0.15) is 5.69 Å². The number of benzene rings is 2. The fourth-order valence-corrected chi connectivity index (χ4v) is 2.90. The van der Waals surface area contributed by atoms with Crippen molar-refractivity contribution in [3.8, 4) is 11.3 Å². The number of hydrogen-bond acceptors (Lipinski definition) is 1. The molecule has 0 bridgehead atoms. The maximum Gasteiger partial charge on any atom is 0.389 e. The topological polar surface area (TPSA) is 16.8 Å². The Bertz CT molecular complexity index is 885. The molecule has 0 saturated carbocycles. The van der Waals surface area contributed by atoms with Gasteiger partial charge in [-0.3, -0.25) is 0 Å². The third kappa shape index (κ3) is 3.40. The largest absolute Gasteiger partial charge is 0.389 e. The molecule has 0 aliphatic rings. The molecule has 3 rings (SSSR count). The second-order valence-electron chi connectivity index (χ2n) is 5.99. The van der Waals surface area contributed by atoms with Crippen LogP contribution in [0.4, 0.5) is 13.2 Å². The molecule has 5 heteroatoms. The molecule has 0 unspecified atom stereocenters. The number of nitrogens with zero attached hydrogens (tertiary/aromatic N) is 2. The van der Waals surface area contributed by atoms with Gasteiger partial charge in [0.15, 0.2) is 5.52 Å². The van der Waals surface area contributed by atoms with Gasteiger partial charge in [0.05, 0.1) is 12.4 Å². The molecule has 2 aromatic carbocycles. The van der Waals surface area contributed by atoms with Crippen molar-refractivity contribution in [3.63, 3.8) is 0 Å². The number of fused-ring (bicyclic) bond motifs is 1. The average Bonchev–Trinajstić information content (AvgIpc) is 2.53. The van der Waals surface area contributed by atoms with Crippen LogP contribution in [0.3, 0.4) is 0 Å². The molecule has 0 amide bonds. The Balaban J connectivity index is 2.08. The summed E-state index contributed by atoms with van der Waals surface area (Å²) in [5, 5.41) is 0.935. The number of hydrogen-bond donors (Lipinski definition) is 0. The molecule has 0 fully saturated rings. The van der Waals surface area contributed by atoms with E-state index in [4.69, 9.17) is 0 Å². The van der Waals surface area contributed by atoms with Gasteiger partial charge in [-0.05, 0) is 41.6 Å². The molecule has 0 aliphatic heterocycles. The molecular formula is C19H18F3N2+. The van der Waals surface area contributed by atoms with Gasteiger partial charge in [-0.25, -0.2) is 4.57 Å². The molecule has 24 heavy (non-hydrogen) atoms. The Labute approximate surface area is 138 Å². The first-order valence-electron chi connectivity index (χ1n) is 7.75. The van der Waals surface area contributed by atoms with E-state index in [1.165, 1.54) is 0 Å². The van der Waals surface area contributed by atoms with Crippen LogP contribution in [-0.2, 0) is 13.5 Å². The van der Waals surface area contributed by atoms with E-state index in [9.17, 15) is 13.2 Å². The second-order valence-corrected chi connectivity index (χ2v) is 5.99. The van der Waals surface area contributed by atoms with E-state index >= 15 is 0 Å². The van der Waals surface area contributed by atoms with Gasteiger partial charge >= 0.3 is 6.18 Å². The summed E-state index contributed by atoms with van der Waals surface area (Å²) in [6, 6.07) is 13.4. The van der Waals surface area contributed by atoms with Gasteiger partial charge in [0.25, 0.3) is 6.33 Å². The zero-order chi connectivity index (χ0) is 17.3. The van der Waals surface area contributed by atoms with Crippen LogP contribution < -0.4 is 4.57 Å². The standard InChI is InChI=1S/C19H18F3N2/c1-13-5-3-4-6-15(13)18-16-8-7-14(9-10-19(20,21)22)11-17(16)23-12-24(18)2/h3-8,11-12H,9-10H2,1-2H3/q+1. The fraction of sp³-hybridized carbons (Fsp3) is 0.263. The first-order valence-corrected chi connectivity index (χ1v) is 7.75. The minimum atomic E-state index is -4.14. The van der Waals surface area contributed by atoms with E-state index < -0.39 is 12.6 Å². The van der Waals surface area contributed by atoms with Crippen LogP contribution in [0.1, 0.15) is 17.5 Å². The van der Waals surface area contributed by atoms with E-state index in [0.29, 0.717) is 11.1 Å². The van der Waals surface area contributed by atoms with Crippen molar-refractivity contribution in [1.29, 1.82) is 0 Å². The normalized spacial score (nSPS) is 11.9. The lowest BCUT2D eigenvalue weighted by molar-refractivity contribution is -0.662. The molecule has 124 valence electrons. The van der Waals surface area contributed by atoms with Gasteiger partial charge < -0.3 is 0 Å². The molecule has 1 aromatic heterocycles. The first-order chi connectivity index (χ1) is 11.3. The van der Waals surface area contributed by atoms with E-state index in [0.717, 1.165) is 22.2 Å². The monoisotopic (exact) mass is 331 g/mol.